The first-order valence-corrected chi connectivity index (χ1v) is 7.84. The van der Waals surface area contributed by atoms with Gasteiger partial charge in [-0.2, -0.15) is 0 Å². The SMILES string of the molecule is CCOC[C@H]1CCN(C(=O)NCc2ccccc2Br)C1. The van der Waals surface area contributed by atoms with Gasteiger partial charge in [0.25, 0.3) is 0 Å². The number of carbonyl (C=O) groups is 1. The normalized spacial score (nSPS) is 18.3. The van der Waals surface area contributed by atoms with Crippen molar-refractivity contribution < 1.29 is 9.53 Å². The van der Waals surface area contributed by atoms with E-state index in [1.54, 1.807) is 0 Å². The van der Waals surface area contributed by atoms with Gasteiger partial charge in [-0.25, -0.2) is 4.79 Å². The molecular formula is C15H21BrN2O2. The van der Waals surface area contributed by atoms with E-state index in [9.17, 15) is 4.79 Å². The Bertz CT molecular complexity index is 453. The molecule has 0 aliphatic carbocycles. The fraction of sp³-hybridized carbons (Fsp3) is 0.533. The zero-order valence-electron chi connectivity index (χ0n) is 11.8. The molecule has 110 valence electrons. The second-order valence-electron chi connectivity index (χ2n) is 5.01. The molecule has 2 amide bonds. The lowest BCUT2D eigenvalue weighted by molar-refractivity contribution is 0.113. The van der Waals surface area contributed by atoms with Crippen molar-refractivity contribution in [3.8, 4) is 0 Å². The number of nitrogens with one attached hydrogen (secondary N) is 1. The molecule has 0 radical (unpaired) electrons. The van der Waals surface area contributed by atoms with Crippen LogP contribution in [0.1, 0.15) is 18.9 Å². The predicted molar refractivity (Wildman–Crippen MR) is 82.6 cm³/mol. The van der Waals surface area contributed by atoms with Gasteiger partial charge >= 0.3 is 6.03 Å². The Labute approximate surface area is 128 Å². The number of hydrogen-bond acceptors (Lipinski definition) is 2. The Morgan fingerprint density at radius 2 is 2.30 bits per heavy atom. The van der Waals surface area contributed by atoms with Gasteiger partial charge in [0.2, 0.25) is 0 Å². The van der Waals surface area contributed by atoms with Gasteiger partial charge in [0.05, 0.1) is 6.61 Å². The maximum absolute atomic E-state index is 12.1. The second kappa shape index (κ2) is 7.64. The molecule has 1 saturated heterocycles. The van der Waals surface area contributed by atoms with Crippen LogP contribution >= 0.6 is 15.9 Å². The van der Waals surface area contributed by atoms with Gasteiger partial charge in [-0.1, -0.05) is 34.1 Å². The summed E-state index contributed by atoms with van der Waals surface area (Å²) in [6.45, 7) is 5.65. The molecule has 2 rings (SSSR count). The highest BCUT2D eigenvalue weighted by Crippen LogP contribution is 2.18. The molecule has 1 fully saturated rings. The van der Waals surface area contributed by atoms with E-state index >= 15 is 0 Å². The van der Waals surface area contributed by atoms with Gasteiger partial charge < -0.3 is 15.0 Å². The van der Waals surface area contributed by atoms with Crippen molar-refractivity contribution in [1.82, 2.24) is 10.2 Å². The summed E-state index contributed by atoms with van der Waals surface area (Å²) in [4.78, 5) is 14.0. The highest BCUT2D eigenvalue weighted by molar-refractivity contribution is 9.10. The number of ether oxygens (including phenoxy) is 1. The van der Waals surface area contributed by atoms with Gasteiger partial charge in [0.1, 0.15) is 0 Å². The number of rotatable bonds is 5. The summed E-state index contributed by atoms with van der Waals surface area (Å²) in [5.41, 5.74) is 1.09. The Kier molecular flexibility index (Phi) is 5.86. The highest BCUT2D eigenvalue weighted by Gasteiger charge is 2.26. The number of amides is 2. The topological polar surface area (TPSA) is 41.6 Å². The third-order valence-corrected chi connectivity index (χ3v) is 4.29. The lowest BCUT2D eigenvalue weighted by atomic mass is 10.1. The number of likely N-dealkylation sites (tertiary alicyclic amines) is 1. The van der Waals surface area contributed by atoms with E-state index in [0.717, 1.165) is 42.8 Å². The number of carbonyl (C=O) groups excluding carboxylic acids is 1. The maximum atomic E-state index is 12.1. The summed E-state index contributed by atoms with van der Waals surface area (Å²) in [5, 5.41) is 2.97. The van der Waals surface area contributed by atoms with Crippen LogP contribution in [0.25, 0.3) is 0 Å². The Morgan fingerprint density at radius 1 is 1.50 bits per heavy atom. The van der Waals surface area contributed by atoms with Crippen LogP contribution in [0.3, 0.4) is 0 Å². The molecule has 1 heterocycles. The summed E-state index contributed by atoms with van der Waals surface area (Å²) < 4.78 is 6.45. The highest BCUT2D eigenvalue weighted by atomic mass is 79.9. The lowest BCUT2D eigenvalue weighted by Gasteiger charge is -2.17. The van der Waals surface area contributed by atoms with Crippen molar-refractivity contribution in [1.29, 1.82) is 0 Å². The molecular weight excluding hydrogens is 320 g/mol. The predicted octanol–water partition coefficient (Wildman–Crippen LogP) is 3.02. The van der Waals surface area contributed by atoms with E-state index in [2.05, 4.69) is 21.2 Å². The fourth-order valence-electron chi connectivity index (χ4n) is 2.36. The zero-order chi connectivity index (χ0) is 14.4. The quantitative estimate of drug-likeness (QED) is 0.895. The van der Waals surface area contributed by atoms with E-state index in [0.29, 0.717) is 12.5 Å². The Hall–Kier alpha value is -1.07. The van der Waals surface area contributed by atoms with E-state index in [1.165, 1.54) is 0 Å². The van der Waals surface area contributed by atoms with E-state index in [-0.39, 0.29) is 6.03 Å². The zero-order valence-corrected chi connectivity index (χ0v) is 13.4. The van der Waals surface area contributed by atoms with Crippen LogP contribution in [0.5, 0.6) is 0 Å². The number of hydrogen-bond donors (Lipinski definition) is 1. The van der Waals surface area contributed by atoms with Crippen LogP contribution in [0.15, 0.2) is 28.7 Å². The van der Waals surface area contributed by atoms with E-state index < -0.39 is 0 Å². The molecule has 0 spiro atoms. The van der Waals surface area contributed by atoms with Crippen molar-refractivity contribution in [3.63, 3.8) is 0 Å². The monoisotopic (exact) mass is 340 g/mol. The average Bonchev–Trinajstić information content (AvgIpc) is 2.93. The molecule has 0 aromatic heterocycles. The molecule has 20 heavy (non-hydrogen) atoms. The number of benzene rings is 1. The van der Waals surface area contributed by atoms with Gasteiger partial charge in [0, 0.05) is 36.6 Å². The number of nitrogens with zero attached hydrogens (tertiary/aromatic N) is 1. The van der Waals surface area contributed by atoms with Crippen molar-refractivity contribution >= 4 is 22.0 Å². The third-order valence-electron chi connectivity index (χ3n) is 3.52. The van der Waals surface area contributed by atoms with Crippen molar-refractivity contribution in [2.24, 2.45) is 5.92 Å². The maximum Gasteiger partial charge on any atom is 0.317 e. The molecule has 1 atom stereocenters. The lowest BCUT2D eigenvalue weighted by Crippen LogP contribution is -2.38. The Morgan fingerprint density at radius 3 is 3.05 bits per heavy atom. The van der Waals surface area contributed by atoms with Crippen molar-refractivity contribution in [2.45, 2.75) is 19.9 Å². The van der Waals surface area contributed by atoms with Gasteiger partial charge in [-0.15, -0.1) is 0 Å². The van der Waals surface area contributed by atoms with E-state index in [1.807, 2.05) is 36.1 Å². The van der Waals surface area contributed by atoms with Crippen LogP contribution in [0, 0.1) is 5.92 Å². The summed E-state index contributed by atoms with van der Waals surface area (Å²) in [5.74, 6) is 0.476. The molecule has 0 bridgehead atoms. The molecule has 1 aliphatic rings. The van der Waals surface area contributed by atoms with Crippen molar-refractivity contribution in [3.05, 3.63) is 34.3 Å². The van der Waals surface area contributed by atoms with Gasteiger partial charge in [0.15, 0.2) is 0 Å². The summed E-state index contributed by atoms with van der Waals surface area (Å²) in [6.07, 6.45) is 1.03. The number of urea groups is 1. The summed E-state index contributed by atoms with van der Waals surface area (Å²) in [7, 11) is 0. The first kappa shape index (κ1) is 15.3. The minimum absolute atomic E-state index is 0.0137. The van der Waals surface area contributed by atoms with Crippen molar-refractivity contribution in [2.75, 3.05) is 26.3 Å². The molecule has 4 nitrogen and oxygen atoms in total. The second-order valence-corrected chi connectivity index (χ2v) is 5.86. The first-order chi connectivity index (χ1) is 9.70. The van der Waals surface area contributed by atoms with E-state index in [4.69, 9.17) is 4.74 Å². The minimum atomic E-state index is 0.0137. The smallest absolute Gasteiger partial charge is 0.317 e. The number of halogens is 1. The molecule has 0 unspecified atom stereocenters. The molecule has 5 heteroatoms. The Balaban J connectivity index is 1.77. The summed E-state index contributed by atoms with van der Waals surface area (Å²) >= 11 is 3.49. The standard InChI is InChI=1S/C15H21BrN2O2/c1-2-20-11-12-7-8-18(10-12)15(19)17-9-13-5-3-4-6-14(13)16/h3-6,12H,2,7-11H2,1H3,(H,17,19)/t12-/m0/s1. The fourth-order valence-corrected chi connectivity index (χ4v) is 2.79. The largest absolute Gasteiger partial charge is 0.381 e. The van der Waals surface area contributed by atoms with Crippen LogP contribution in [0.2, 0.25) is 0 Å². The molecule has 1 aromatic rings. The molecule has 1 aliphatic heterocycles. The first-order valence-electron chi connectivity index (χ1n) is 7.04. The minimum Gasteiger partial charge on any atom is -0.381 e. The van der Waals surface area contributed by atoms with Gasteiger partial charge in [-0.3, -0.25) is 0 Å². The third kappa shape index (κ3) is 4.21. The average molecular weight is 341 g/mol. The molecule has 0 saturated carbocycles. The van der Waals surface area contributed by atoms with Crippen LogP contribution < -0.4 is 5.32 Å². The van der Waals surface area contributed by atoms with Crippen LogP contribution in [-0.4, -0.2) is 37.2 Å². The van der Waals surface area contributed by atoms with Crippen LogP contribution in [0.4, 0.5) is 4.79 Å². The summed E-state index contributed by atoms with van der Waals surface area (Å²) in [6, 6.07) is 7.94. The van der Waals surface area contributed by atoms with Gasteiger partial charge in [-0.05, 0) is 25.0 Å². The van der Waals surface area contributed by atoms with Crippen LogP contribution in [-0.2, 0) is 11.3 Å². The molecule has 1 N–H and O–H groups in total. The molecule has 1 aromatic carbocycles.